The normalized spacial score (nSPS) is 17.6. The van der Waals surface area contributed by atoms with E-state index in [1.807, 2.05) is 18.2 Å². The molecule has 1 heterocycles. The third kappa shape index (κ3) is 4.50. The number of nitrogens with zero attached hydrogens (tertiary/aromatic N) is 1. The second-order valence-corrected chi connectivity index (χ2v) is 5.07. The lowest BCUT2D eigenvalue weighted by atomic mass is 10.2. The summed E-state index contributed by atoms with van der Waals surface area (Å²) in [7, 11) is 0. The number of hydrogen-bond donors (Lipinski definition) is 1. The fourth-order valence-electron chi connectivity index (χ4n) is 2.39. The smallest absolute Gasteiger partial charge is 0.141 e. The molecule has 0 aliphatic carbocycles. The fraction of sp³-hybridized carbons (Fsp3) is 0.412. The van der Waals surface area contributed by atoms with E-state index in [4.69, 9.17) is 9.84 Å². The summed E-state index contributed by atoms with van der Waals surface area (Å²) in [6.07, 6.45) is 4.39. The fourth-order valence-corrected chi connectivity index (χ4v) is 2.39. The van der Waals surface area contributed by atoms with Gasteiger partial charge in [0.2, 0.25) is 0 Å². The summed E-state index contributed by atoms with van der Waals surface area (Å²) < 4.78 is 6.39. The number of aliphatic hydroxyl groups is 1. The van der Waals surface area contributed by atoms with Crippen molar-refractivity contribution in [2.45, 2.75) is 0 Å². The molecule has 0 aromatic heterocycles. The first-order valence-electron chi connectivity index (χ1n) is 7.06. The molecule has 106 valence electrons. The number of morpholine rings is 1. The number of ether oxygens (including phenoxy) is 1. The highest BCUT2D eigenvalue weighted by Gasteiger charge is 2.28. The van der Waals surface area contributed by atoms with Gasteiger partial charge in [0.1, 0.15) is 26.2 Å². The average molecular weight is 272 g/mol. The summed E-state index contributed by atoms with van der Waals surface area (Å²) in [5.41, 5.74) is 1.22. The van der Waals surface area contributed by atoms with Gasteiger partial charge in [0.15, 0.2) is 0 Å². The predicted molar refractivity (Wildman–Crippen MR) is 80.9 cm³/mol. The highest BCUT2D eigenvalue weighted by Crippen LogP contribution is 2.12. The molecule has 1 fully saturated rings. The molecule has 2 rings (SSSR count). The van der Waals surface area contributed by atoms with Gasteiger partial charge in [-0.3, -0.25) is 0 Å². The zero-order chi connectivity index (χ0) is 14.1. The van der Waals surface area contributed by atoms with Crippen LogP contribution in [-0.4, -0.2) is 55.6 Å². The second-order valence-electron chi connectivity index (χ2n) is 5.07. The van der Waals surface area contributed by atoms with E-state index in [0.717, 1.165) is 43.9 Å². The van der Waals surface area contributed by atoms with Crippen molar-refractivity contribution in [3.63, 3.8) is 0 Å². The lowest BCUT2D eigenvalue weighted by molar-refractivity contribution is -0.923. The van der Waals surface area contributed by atoms with Gasteiger partial charge in [0.25, 0.3) is 0 Å². The molecule has 0 spiro atoms. The molecule has 1 N–H and O–H groups in total. The zero-order valence-electron chi connectivity index (χ0n) is 11.8. The highest BCUT2D eigenvalue weighted by atomic mass is 16.5. The van der Waals surface area contributed by atoms with Gasteiger partial charge in [-0.2, -0.15) is 0 Å². The quantitative estimate of drug-likeness (QED) is 0.665. The van der Waals surface area contributed by atoms with Crippen LogP contribution in [0.15, 0.2) is 36.4 Å². The van der Waals surface area contributed by atoms with Gasteiger partial charge in [-0.15, -0.1) is 0 Å². The Hall–Kier alpha value is -1.60. The van der Waals surface area contributed by atoms with E-state index in [-0.39, 0.29) is 6.61 Å². The summed E-state index contributed by atoms with van der Waals surface area (Å²) in [4.78, 5) is 0. The molecule has 0 atom stereocenters. The second kappa shape index (κ2) is 7.86. The maximum atomic E-state index is 8.79. The van der Waals surface area contributed by atoms with Crippen LogP contribution in [0.1, 0.15) is 5.56 Å². The standard InChI is InChI=1S/C17H22NO2/c19-14-5-4-10-18(12-15-20-16-13-18)11-6-9-17-7-2-1-3-8-17/h1-3,6-9,19H,10-16H2/q+1. The minimum atomic E-state index is -0.0592. The van der Waals surface area contributed by atoms with Crippen LogP contribution >= 0.6 is 0 Å². The monoisotopic (exact) mass is 272 g/mol. The highest BCUT2D eigenvalue weighted by molar-refractivity contribution is 5.48. The molecule has 0 unspecified atom stereocenters. The molecule has 0 saturated carbocycles. The maximum Gasteiger partial charge on any atom is 0.141 e. The van der Waals surface area contributed by atoms with Crippen molar-refractivity contribution >= 4 is 6.08 Å². The molecule has 1 aliphatic heterocycles. The number of hydrogen-bond acceptors (Lipinski definition) is 2. The van der Waals surface area contributed by atoms with Crippen molar-refractivity contribution in [1.82, 2.24) is 0 Å². The van der Waals surface area contributed by atoms with E-state index in [9.17, 15) is 0 Å². The molecule has 0 bridgehead atoms. The molecule has 20 heavy (non-hydrogen) atoms. The molecule has 1 aromatic carbocycles. The maximum absolute atomic E-state index is 8.79. The number of quaternary nitrogens is 1. The van der Waals surface area contributed by atoms with Crippen molar-refractivity contribution in [1.29, 1.82) is 0 Å². The van der Waals surface area contributed by atoms with E-state index < -0.39 is 0 Å². The summed E-state index contributed by atoms with van der Waals surface area (Å²) in [5.74, 6) is 5.83. The number of rotatable bonds is 4. The molecule has 3 nitrogen and oxygen atoms in total. The van der Waals surface area contributed by atoms with Gasteiger partial charge in [-0.05, 0) is 17.6 Å². The Kier molecular flexibility index (Phi) is 5.82. The first-order valence-corrected chi connectivity index (χ1v) is 7.06. The van der Waals surface area contributed by atoms with Crippen molar-refractivity contribution in [2.24, 2.45) is 0 Å². The third-order valence-corrected chi connectivity index (χ3v) is 3.64. The van der Waals surface area contributed by atoms with Crippen molar-refractivity contribution in [2.75, 3.05) is 46.0 Å². The lowest BCUT2D eigenvalue weighted by Gasteiger charge is -2.39. The Balaban J connectivity index is 1.98. The largest absolute Gasteiger partial charge is 0.384 e. The van der Waals surface area contributed by atoms with Crippen molar-refractivity contribution < 1.29 is 14.3 Å². The first kappa shape index (κ1) is 14.8. The third-order valence-electron chi connectivity index (χ3n) is 3.64. The zero-order valence-corrected chi connectivity index (χ0v) is 11.8. The van der Waals surface area contributed by atoms with Crippen LogP contribution in [0.5, 0.6) is 0 Å². The van der Waals surface area contributed by atoms with E-state index in [1.165, 1.54) is 5.56 Å². The van der Waals surface area contributed by atoms with E-state index in [0.29, 0.717) is 0 Å². The molecule has 1 aliphatic rings. The molecule has 1 saturated heterocycles. The van der Waals surface area contributed by atoms with Gasteiger partial charge in [-0.1, -0.05) is 42.3 Å². The Morgan fingerprint density at radius 1 is 1.15 bits per heavy atom. The van der Waals surface area contributed by atoms with Gasteiger partial charge in [-0.25, -0.2) is 0 Å². The Bertz CT molecular complexity index is 479. The van der Waals surface area contributed by atoms with Crippen LogP contribution in [0, 0.1) is 11.8 Å². The number of benzene rings is 1. The Morgan fingerprint density at radius 2 is 1.90 bits per heavy atom. The van der Waals surface area contributed by atoms with E-state index in [2.05, 4.69) is 36.1 Å². The van der Waals surface area contributed by atoms with Crippen LogP contribution < -0.4 is 0 Å². The molecule has 0 amide bonds. The molecule has 1 aromatic rings. The van der Waals surface area contributed by atoms with Crippen molar-refractivity contribution in [3.8, 4) is 11.8 Å². The van der Waals surface area contributed by atoms with Crippen LogP contribution in [0.25, 0.3) is 6.08 Å². The minimum absolute atomic E-state index is 0.0592. The number of aliphatic hydroxyl groups excluding tert-OH is 1. The summed E-state index contributed by atoms with van der Waals surface area (Å²) in [6, 6.07) is 10.3. The molecular weight excluding hydrogens is 250 g/mol. The van der Waals surface area contributed by atoms with E-state index in [1.54, 1.807) is 0 Å². The Morgan fingerprint density at radius 3 is 2.60 bits per heavy atom. The van der Waals surface area contributed by atoms with Crippen LogP contribution in [-0.2, 0) is 4.74 Å². The minimum Gasteiger partial charge on any atom is -0.384 e. The summed E-state index contributed by atoms with van der Waals surface area (Å²) >= 11 is 0. The SMILES string of the molecule is OCC#CC[N+]1(CC=Cc2ccccc2)CCOCC1. The average Bonchev–Trinajstić information content (AvgIpc) is 2.50. The van der Waals surface area contributed by atoms with Crippen molar-refractivity contribution in [3.05, 3.63) is 42.0 Å². The predicted octanol–water partition coefficient (Wildman–Crippen LogP) is 1.54. The van der Waals surface area contributed by atoms with E-state index >= 15 is 0 Å². The van der Waals surface area contributed by atoms with Crippen LogP contribution in [0.4, 0.5) is 0 Å². The summed E-state index contributed by atoms with van der Waals surface area (Å²) in [6.45, 7) is 5.23. The molecular formula is C17H22NO2+. The van der Waals surface area contributed by atoms with Crippen LogP contribution in [0.2, 0.25) is 0 Å². The molecule has 3 heteroatoms. The Labute approximate surface area is 121 Å². The summed E-state index contributed by atoms with van der Waals surface area (Å²) in [5, 5.41) is 8.79. The van der Waals surface area contributed by atoms with Crippen LogP contribution in [0.3, 0.4) is 0 Å². The van der Waals surface area contributed by atoms with Gasteiger partial charge in [0.05, 0.1) is 19.8 Å². The molecule has 0 radical (unpaired) electrons. The van der Waals surface area contributed by atoms with Gasteiger partial charge in [0, 0.05) is 0 Å². The van der Waals surface area contributed by atoms with Gasteiger partial charge >= 0.3 is 0 Å². The first-order chi connectivity index (χ1) is 9.85. The van der Waals surface area contributed by atoms with Gasteiger partial charge < -0.3 is 14.3 Å². The topological polar surface area (TPSA) is 29.5 Å². The lowest BCUT2D eigenvalue weighted by Crippen LogP contribution is -2.55.